The predicted molar refractivity (Wildman–Crippen MR) is 70.4 cm³/mol. The van der Waals surface area contributed by atoms with Gasteiger partial charge in [-0.1, -0.05) is 6.07 Å². The number of hydrogen-bond donors (Lipinski definition) is 2. The van der Waals surface area contributed by atoms with Gasteiger partial charge in [0.1, 0.15) is 0 Å². The number of anilines is 1. The zero-order valence-electron chi connectivity index (χ0n) is 9.64. The van der Waals surface area contributed by atoms with Gasteiger partial charge in [-0.2, -0.15) is 11.3 Å². The number of thiophene rings is 1. The van der Waals surface area contributed by atoms with E-state index < -0.39 is 5.97 Å². The smallest absolute Gasteiger partial charge is 0.336 e. The third-order valence-corrected chi connectivity index (χ3v) is 3.19. The molecule has 5 heteroatoms. The van der Waals surface area contributed by atoms with Gasteiger partial charge in [0.2, 0.25) is 0 Å². The lowest BCUT2D eigenvalue weighted by atomic mass is 10.1. The standard InChI is InChI=1S/C13H11NO3S/c1-8-2-3-10(6-11(8)13(16)17)14-12(15)9-4-5-18-7-9/h2-7H,1H3,(H,14,15)(H,16,17). The second kappa shape index (κ2) is 5.01. The van der Waals surface area contributed by atoms with Crippen LogP contribution in [0.2, 0.25) is 0 Å². The molecule has 2 rings (SSSR count). The second-order valence-corrected chi connectivity index (χ2v) is 4.58. The first-order valence-electron chi connectivity index (χ1n) is 5.25. The maximum atomic E-state index is 11.8. The summed E-state index contributed by atoms with van der Waals surface area (Å²) in [6.45, 7) is 1.72. The van der Waals surface area contributed by atoms with E-state index in [0.29, 0.717) is 16.8 Å². The van der Waals surface area contributed by atoms with Crippen molar-refractivity contribution in [2.24, 2.45) is 0 Å². The highest BCUT2D eigenvalue weighted by Crippen LogP contribution is 2.17. The summed E-state index contributed by atoms with van der Waals surface area (Å²) in [5.74, 6) is -1.24. The molecule has 2 aromatic rings. The molecule has 0 saturated heterocycles. The van der Waals surface area contributed by atoms with Crippen LogP contribution >= 0.6 is 11.3 Å². The third kappa shape index (κ3) is 2.57. The lowest BCUT2D eigenvalue weighted by molar-refractivity contribution is 0.0695. The number of carbonyl (C=O) groups is 2. The number of aromatic carboxylic acids is 1. The lowest BCUT2D eigenvalue weighted by Gasteiger charge is -2.06. The van der Waals surface area contributed by atoms with E-state index in [-0.39, 0.29) is 11.5 Å². The van der Waals surface area contributed by atoms with E-state index in [0.717, 1.165) is 0 Å². The van der Waals surface area contributed by atoms with Gasteiger partial charge in [0.15, 0.2) is 0 Å². The zero-order valence-corrected chi connectivity index (χ0v) is 10.5. The van der Waals surface area contributed by atoms with E-state index in [2.05, 4.69) is 5.32 Å². The van der Waals surface area contributed by atoms with Crippen molar-refractivity contribution < 1.29 is 14.7 Å². The Balaban J connectivity index is 2.22. The summed E-state index contributed by atoms with van der Waals surface area (Å²) >= 11 is 1.43. The molecule has 0 aliphatic heterocycles. The lowest BCUT2D eigenvalue weighted by Crippen LogP contribution is -2.11. The number of carbonyl (C=O) groups excluding carboxylic acids is 1. The number of rotatable bonds is 3. The van der Waals surface area contributed by atoms with Crippen LogP contribution in [-0.4, -0.2) is 17.0 Å². The quantitative estimate of drug-likeness (QED) is 0.892. The summed E-state index contributed by atoms with van der Waals surface area (Å²) in [4.78, 5) is 22.8. The van der Waals surface area contributed by atoms with Gasteiger partial charge in [-0.25, -0.2) is 4.79 Å². The topological polar surface area (TPSA) is 66.4 Å². The summed E-state index contributed by atoms with van der Waals surface area (Å²) in [7, 11) is 0. The summed E-state index contributed by atoms with van der Waals surface area (Å²) in [5, 5.41) is 15.2. The Labute approximate surface area is 108 Å². The summed E-state index contributed by atoms with van der Waals surface area (Å²) in [6.07, 6.45) is 0. The normalized spacial score (nSPS) is 10.1. The summed E-state index contributed by atoms with van der Waals surface area (Å²) < 4.78 is 0. The van der Waals surface area contributed by atoms with Crippen molar-refractivity contribution in [2.75, 3.05) is 5.32 Å². The maximum absolute atomic E-state index is 11.8. The Morgan fingerprint density at radius 3 is 2.67 bits per heavy atom. The number of aryl methyl sites for hydroxylation is 1. The molecule has 0 fully saturated rings. The van der Waals surface area contributed by atoms with Gasteiger partial charge in [0, 0.05) is 11.1 Å². The molecule has 1 aromatic heterocycles. The molecule has 1 heterocycles. The first-order chi connectivity index (χ1) is 8.58. The minimum atomic E-state index is -1.00. The van der Waals surface area contributed by atoms with E-state index >= 15 is 0 Å². The van der Waals surface area contributed by atoms with Crippen LogP contribution < -0.4 is 5.32 Å². The predicted octanol–water partition coefficient (Wildman–Crippen LogP) is 3.01. The van der Waals surface area contributed by atoms with Crippen LogP contribution in [0.1, 0.15) is 26.3 Å². The van der Waals surface area contributed by atoms with Crippen LogP contribution in [0.25, 0.3) is 0 Å². The number of benzene rings is 1. The minimum absolute atomic E-state index is 0.193. The molecule has 0 unspecified atom stereocenters. The van der Waals surface area contributed by atoms with Crippen LogP contribution in [0.3, 0.4) is 0 Å². The Kier molecular flexibility index (Phi) is 3.43. The average Bonchev–Trinajstić information content (AvgIpc) is 2.85. The van der Waals surface area contributed by atoms with E-state index in [1.54, 1.807) is 30.5 Å². The Morgan fingerprint density at radius 1 is 1.28 bits per heavy atom. The Bertz CT molecular complexity index is 590. The highest BCUT2D eigenvalue weighted by Gasteiger charge is 2.10. The van der Waals surface area contributed by atoms with Crippen molar-refractivity contribution in [1.82, 2.24) is 0 Å². The molecule has 1 aromatic carbocycles. The Morgan fingerprint density at radius 2 is 2.06 bits per heavy atom. The molecule has 0 bridgehead atoms. The van der Waals surface area contributed by atoms with Gasteiger partial charge in [-0.05, 0) is 36.1 Å². The van der Waals surface area contributed by atoms with Crippen LogP contribution in [0.5, 0.6) is 0 Å². The number of nitrogens with one attached hydrogen (secondary N) is 1. The molecule has 0 spiro atoms. The van der Waals surface area contributed by atoms with Crippen LogP contribution in [0, 0.1) is 6.92 Å². The van der Waals surface area contributed by atoms with E-state index in [9.17, 15) is 9.59 Å². The molecule has 1 amide bonds. The van der Waals surface area contributed by atoms with E-state index in [1.807, 2.05) is 5.38 Å². The molecule has 0 aliphatic rings. The molecule has 0 aliphatic carbocycles. The van der Waals surface area contributed by atoms with Gasteiger partial charge in [-0.15, -0.1) is 0 Å². The van der Waals surface area contributed by atoms with Crippen molar-refractivity contribution in [1.29, 1.82) is 0 Å². The second-order valence-electron chi connectivity index (χ2n) is 3.80. The number of amides is 1. The molecule has 2 N–H and O–H groups in total. The van der Waals surface area contributed by atoms with Crippen LogP contribution in [0.15, 0.2) is 35.0 Å². The fourth-order valence-corrected chi connectivity index (χ4v) is 2.16. The molecular weight excluding hydrogens is 250 g/mol. The molecular formula is C13H11NO3S. The molecule has 0 radical (unpaired) electrons. The highest BCUT2D eigenvalue weighted by atomic mass is 32.1. The first-order valence-corrected chi connectivity index (χ1v) is 6.19. The molecule has 18 heavy (non-hydrogen) atoms. The van der Waals surface area contributed by atoms with Gasteiger partial charge >= 0.3 is 5.97 Å². The minimum Gasteiger partial charge on any atom is -0.478 e. The molecule has 4 nitrogen and oxygen atoms in total. The van der Waals surface area contributed by atoms with Crippen molar-refractivity contribution in [3.63, 3.8) is 0 Å². The monoisotopic (exact) mass is 261 g/mol. The fourth-order valence-electron chi connectivity index (χ4n) is 1.53. The van der Waals surface area contributed by atoms with E-state index in [4.69, 9.17) is 5.11 Å². The first kappa shape index (κ1) is 12.3. The van der Waals surface area contributed by atoms with Crippen molar-refractivity contribution >= 4 is 28.9 Å². The SMILES string of the molecule is Cc1ccc(NC(=O)c2ccsc2)cc1C(=O)O. The van der Waals surface area contributed by atoms with Crippen molar-refractivity contribution in [3.8, 4) is 0 Å². The Hall–Kier alpha value is -2.14. The zero-order chi connectivity index (χ0) is 13.1. The van der Waals surface area contributed by atoms with Crippen molar-refractivity contribution in [3.05, 3.63) is 51.7 Å². The summed E-state index contributed by atoms with van der Waals surface area (Å²) in [5.41, 5.74) is 1.90. The highest BCUT2D eigenvalue weighted by molar-refractivity contribution is 7.08. The van der Waals surface area contributed by atoms with E-state index in [1.165, 1.54) is 17.4 Å². The van der Waals surface area contributed by atoms with Crippen LogP contribution in [-0.2, 0) is 0 Å². The average molecular weight is 261 g/mol. The number of carboxylic acid groups (broad SMARTS) is 1. The molecule has 0 atom stereocenters. The maximum Gasteiger partial charge on any atom is 0.336 e. The van der Waals surface area contributed by atoms with Crippen LogP contribution in [0.4, 0.5) is 5.69 Å². The third-order valence-electron chi connectivity index (χ3n) is 2.51. The van der Waals surface area contributed by atoms with Gasteiger partial charge in [-0.3, -0.25) is 4.79 Å². The largest absolute Gasteiger partial charge is 0.478 e. The number of carboxylic acids is 1. The molecule has 0 saturated carbocycles. The molecule has 92 valence electrons. The van der Waals surface area contributed by atoms with Gasteiger partial charge in [0.05, 0.1) is 11.1 Å². The van der Waals surface area contributed by atoms with Gasteiger partial charge < -0.3 is 10.4 Å². The fraction of sp³-hybridized carbons (Fsp3) is 0.0769. The van der Waals surface area contributed by atoms with Gasteiger partial charge in [0.25, 0.3) is 5.91 Å². The van der Waals surface area contributed by atoms with Crippen molar-refractivity contribution in [2.45, 2.75) is 6.92 Å². The summed E-state index contributed by atoms with van der Waals surface area (Å²) in [6, 6.07) is 6.53. The number of hydrogen-bond acceptors (Lipinski definition) is 3.